The summed E-state index contributed by atoms with van der Waals surface area (Å²) in [5.41, 5.74) is 1.41. The number of hydrogen-bond acceptors (Lipinski definition) is 5. The number of aliphatic hydroxyl groups is 1. The van der Waals surface area contributed by atoms with Crippen molar-refractivity contribution < 1.29 is 14.8 Å². The molecule has 0 fully saturated rings. The Morgan fingerprint density at radius 3 is 2.17 bits per heavy atom. The van der Waals surface area contributed by atoms with Crippen molar-refractivity contribution in [2.24, 2.45) is 5.92 Å². The van der Waals surface area contributed by atoms with Gasteiger partial charge >= 0.3 is 0 Å². The van der Waals surface area contributed by atoms with Gasteiger partial charge in [0.05, 0.1) is 16.9 Å². The van der Waals surface area contributed by atoms with Crippen LogP contribution >= 0.6 is 11.8 Å². The maximum absolute atomic E-state index is 12.4. The summed E-state index contributed by atoms with van der Waals surface area (Å²) < 4.78 is 0. The van der Waals surface area contributed by atoms with Crippen LogP contribution in [0.3, 0.4) is 0 Å². The zero-order valence-electron chi connectivity index (χ0n) is 13.5. The monoisotopic (exact) mass is 345 g/mol. The molecule has 0 aliphatic carbocycles. The van der Waals surface area contributed by atoms with Gasteiger partial charge < -0.3 is 5.11 Å². The van der Waals surface area contributed by atoms with Gasteiger partial charge in [-0.3, -0.25) is 14.9 Å². The lowest BCUT2D eigenvalue weighted by Gasteiger charge is -2.27. The number of aliphatic hydroxyl groups excluding tert-OH is 1. The van der Waals surface area contributed by atoms with Crippen molar-refractivity contribution in [2.45, 2.75) is 18.9 Å². The third-order valence-corrected chi connectivity index (χ3v) is 4.80. The second kappa shape index (κ2) is 8.08. The highest BCUT2D eigenvalue weighted by Crippen LogP contribution is 2.37. The van der Waals surface area contributed by atoms with Gasteiger partial charge in [-0.05, 0) is 35.4 Å². The standard InChI is InChI=1S/C18H19NO4S/c1-12(13-6-4-3-5-7-13)16(18(21)24-2)17(20)14-8-10-15(11-9-14)19(22)23/h3-12,16-17,20H,1-2H3/t12-,16-,17-/m1/s1. The molecule has 0 unspecified atom stereocenters. The van der Waals surface area contributed by atoms with Crippen molar-refractivity contribution in [3.63, 3.8) is 0 Å². The molecule has 0 heterocycles. The zero-order chi connectivity index (χ0) is 17.7. The van der Waals surface area contributed by atoms with E-state index in [0.29, 0.717) is 5.56 Å². The summed E-state index contributed by atoms with van der Waals surface area (Å²) >= 11 is 1.08. The van der Waals surface area contributed by atoms with E-state index in [9.17, 15) is 20.0 Å². The lowest BCUT2D eigenvalue weighted by molar-refractivity contribution is -0.384. The first-order valence-electron chi connectivity index (χ1n) is 7.51. The quantitative estimate of drug-likeness (QED) is 0.633. The summed E-state index contributed by atoms with van der Waals surface area (Å²) in [4.78, 5) is 22.7. The summed E-state index contributed by atoms with van der Waals surface area (Å²) in [6.07, 6.45) is 0.663. The molecule has 1 N–H and O–H groups in total. The fourth-order valence-corrected chi connectivity index (χ4v) is 3.31. The molecular formula is C18H19NO4S. The first-order chi connectivity index (χ1) is 11.5. The average Bonchev–Trinajstić information content (AvgIpc) is 2.62. The molecule has 0 spiro atoms. The van der Waals surface area contributed by atoms with Crippen LogP contribution in [-0.4, -0.2) is 21.4 Å². The maximum Gasteiger partial charge on any atom is 0.269 e. The third-order valence-electron chi connectivity index (χ3n) is 4.12. The largest absolute Gasteiger partial charge is 0.388 e. The van der Waals surface area contributed by atoms with Gasteiger partial charge in [0, 0.05) is 12.1 Å². The van der Waals surface area contributed by atoms with Gasteiger partial charge in [-0.25, -0.2) is 0 Å². The van der Waals surface area contributed by atoms with Crippen LogP contribution in [0, 0.1) is 16.0 Å². The molecule has 3 atom stereocenters. The number of nitro benzene ring substituents is 1. The molecule has 0 saturated carbocycles. The van der Waals surface area contributed by atoms with Crippen LogP contribution in [0.15, 0.2) is 54.6 Å². The molecule has 126 valence electrons. The minimum absolute atomic E-state index is 0.0465. The lowest BCUT2D eigenvalue weighted by atomic mass is 9.82. The van der Waals surface area contributed by atoms with Gasteiger partial charge in [0.25, 0.3) is 5.69 Å². The summed E-state index contributed by atoms with van der Waals surface area (Å²) in [5, 5.41) is 21.4. The van der Waals surface area contributed by atoms with Crippen molar-refractivity contribution in [2.75, 3.05) is 6.26 Å². The van der Waals surface area contributed by atoms with Crippen molar-refractivity contribution in [1.82, 2.24) is 0 Å². The number of thioether (sulfide) groups is 1. The minimum atomic E-state index is -1.03. The Labute approximate surface area is 144 Å². The second-order valence-corrected chi connectivity index (χ2v) is 6.35. The van der Waals surface area contributed by atoms with Gasteiger partial charge in [-0.2, -0.15) is 0 Å². The number of hydrogen-bond donors (Lipinski definition) is 1. The molecule has 0 radical (unpaired) electrons. The fourth-order valence-electron chi connectivity index (χ4n) is 2.71. The van der Waals surface area contributed by atoms with Gasteiger partial charge in [0.15, 0.2) is 5.12 Å². The Hall–Kier alpha value is -2.18. The molecule has 0 aliphatic rings. The molecule has 2 aromatic rings. The minimum Gasteiger partial charge on any atom is -0.388 e. The van der Waals surface area contributed by atoms with Gasteiger partial charge in [0.2, 0.25) is 0 Å². The van der Waals surface area contributed by atoms with Crippen LogP contribution in [0.25, 0.3) is 0 Å². The van der Waals surface area contributed by atoms with Crippen LogP contribution in [0.1, 0.15) is 30.1 Å². The van der Waals surface area contributed by atoms with Crippen molar-refractivity contribution in [1.29, 1.82) is 0 Å². The molecule has 5 nitrogen and oxygen atoms in total. The Bertz CT molecular complexity index is 703. The molecule has 0 saturated heterocycles. The van der Waals surface area contributed by atoms with Gasteiger partial charge in [0.1, 0.15) is 0 Å². The second-order valence-electron chi connectivity index (χ2n) is 5.54. The molecule has 0 aliphatic heterocycles. The summed E-state index contributed by atoms with van der Waals surface area (Å²) in [5.74, 6) is -0.819. The van der Waals surface area contributed by atoms with E-state index in [4.69, 9.17) is 0 Å². The van der Waals surface area contributed by atoms with Crippen molar-refractivity contribution >= 4 is 22.6 Å². The molecule has 6 heteroatoms. The topological polar surface area (TPSA) is 80.4 Å². The molecule has 24 heavy (non-hydrogen) atoms. The fraction of sp³-hybridized carbons (Fsp3) is 0.278. The highest BCUT2D eigenvalue weighted by Gasteiger charge is 2.33. The normalized spacial score (nSPS) is 14.6. The number of benzene rings is 2. The Morgan fingerprint density at radius 2 is 1.67 bits per heavy atom. The number of carbonyl (C=O) groups is 1. The summed E-state index contributed by atoms with van der Waals surface area (Å²) in [6.45, 7) is 1.91. The SMILES string of the molecule is CSC(=O)[C@H]([C@H](C)c1ccccc1)[C@H](O)c1ccc([N+](=O)[O-])cc1. The first-order valence-corrected chi connectivity index (χ1v) is 8.73. The molecule has 0 amide bonds. The molecule has 0 bridgehead atoms. The smallest absolute Gasteiger partial charge is 0.269 e. The lowest BCUT2D eigenvalue weighted by Crippen LogP contribution is -2.25. The highest BCUT2D eigenvalue weighted by atomic mass is 32.2. The summed E-state index contributed by atoms with van der Waals surface area (Å²) in [7, 11) is 0. The molecule has 2 aromatic carbocycles. The van der Waals surface area contributed by atoms with Crippen LogP contribution in [0.5, 0.6) is 0 Å². The van der Waals surface area contributed by atoms with Crippen molar-refractivity contribution in [3.8, 4) is 0 Å². The van der Waals surface area contributed by atoms with Crippen LogP contribution in [0.2, 0.25) is 0 Å². The molecule has 0 aromatic heterocycles. The van der Waals surface area contributed by atoms with E-state index >= 15 is 0 Å². The zero-order valence-corrected chi connectivity index (χ0v) is 14.3. The van der Waals surface area contributed by atoms with E-state index in [1.165, 1.54) is 24.3 Å². The predicted molar refractivity (Wildman–Crippen MR) is 94.9 cm³/mol. The van der Waals surface area contributed by atoms with E-state index in [1.54, 1.807) is 6.26 Å². The van der Waals surface area contributed by atoms with Crippen LogP contribution < -0.4 is 0 Å². The van der Waals surface area contributed by atoms with Crippen LogP contribution in [0.4, 0.5) is 5.69 Å². The number of nitrogens with zero attached hydrogens (tertiary/aromatic N) is 1. The first kappa shape index (κ1) is 18.2. The predicted octanol–water partition coefficient (Wildman–Crippen LogP) is 3.94. The van der Waals surface area contributed by atoms with E-state index < -0.39 is 16.9 Å². The average molecular weight is 345 g/mol. The van der Waals surface area contributed by atoms with E-state index in [0.717, 1.165) is 17.3 Å². The number of non-ortho nitro benzene ring substituents is 1. The Balaban J connectivity index is 2.33. The highest BCUT2D eigenvalue weighted by molar-refractivity contribution is 8.13. The van der Waals surface area contributed by atoms with Crippen molar-refractivity contribution in [3.05, 3.63) is 75.8 Å². The van der Waals surface area contributed by atoms with E-state index in [-0.39, 0.29) is 16.7 Å². The maximum atomic E-state index is 12.4. The third kappa shape index (κ3) is 4.01. The summed E-state index contributed by atoms with van der Waals surface area (Å²) in [6, 6.07) is 15.2. The Kier molecular flexibility index (Phi) is 6.11. The van der Waals surface area contributed by atoms with E-state index in [1.807, 2.05) is 37.3 Å². The molecule has 2 rings (SSSR count). The molecular weight excluding hydrogens is 326 g/mol. The number of rotatable bonds is 6. The van der Waals surface area contributed by atoms with Gasteiger partial charge in [-0.1, -0.05) is 49.0 Å². The van der Waals surface area contributed by atoms with Crippen LogP contribution in [-0.2, 0) is 4.79 Å². The van der Waals surface area contributed by atoms with E-state index in [2.05, 4.69) is 0 Å². The van der Waals surface area contributed by atoms with Gasteiger partial charge in [-0.15, -0.1) is 0 Å². The number of nitro groups is 1. The Morgan fingerprint density at radius 1 is 1.08 bits per heavy atom. The number of carbonyl (C=O) groups excluding carboxylic acids is 1.